The van der Waals surface area contributed by atoms with Crippen LogP contribution in [-0.4, -0.2) is 36.9 Å². The monoisotopic (exact) mass is 283 g/mol. The van der Waals surface area contributed by atoms with Crippen molar-refractivity contribution in [1.29, 1.82) is 0 Å². The number of aliphatic hydroxyl groups excluding tert-OH is 1. The first-order valence-corrected chi connectivity index (χ1v) is 7.92. The van der Waals surface area contributed by atoms with Crippen molar-refractivity contribution in [2.24, 2.45) is 5.92 Å². The van der Waals surface area contributed by atoms with E-state index in [-0.39, 0.29) is 6.61 Å². The van der Waals surface area contributed by atoms with Crippen LogP contribution in [-0.2, 0) is 0 Å². The molecule has 1 aromatic rings. The first-order valence-electron chi connectivity index (χ1n) is 6.77. The fraction of sp³-hybridized carbons (Fsp3) is 0.600. The molecule has 0 aliphatic rings. The largest absolute Gasteiger partial charge is 0.497 e. The molecule has 0 spiro atoms. The van der Waals surface area contributed by atoms with E-state index < -0.39 is 0 Å². The van der Waals surface area contributed by atoms with E-state index in [1.165, 1.54) is 5.56 Å². The first-order chi connectivity index (χ1) is 9.21. The summed E-state index contributed by atoms with van der Waals surface area (Å²) >= 11 is 1.89. The van der Waals surface area contributed by atoms with Crippen LogP contribution in [0.4, 0.5) is 0 Å². The Morgan fingerprint density at radius 1 is 1.26 bits per heavy atom. The van der Waals surface area contributed by atoms with Crippen molar-refractivity contribution < 1.29 is 9.84 Å². The zero-order valence-corrected chi connectivity index (χ0v) is 12.9. The second-order valence-corrected chi connectivity index (χ2v) is 5.78. The summed E-state index contributed by atoms with van der Waals surface area (Å²) in [6.07, 6.45) is 0. The van der Waals surface area contributed by atoms with Crippen LogP contribution in [0.5, 0.6) is 5.75 Å². The quantitative estimate of drug-likeness (QED) is 0.731. The lowest BCUT2D eigenvalue weighted by Crippen LogP contribution is -2.23. The number of hydrogen-bond donors (Lipinski definition) is 2. The lowest BCUT2D eigenvalue weighted by Gasteiger charge is -2.19. The predicted octanol–water partition coefficient (Wildman–Crippen LogP) is 2.71. The second kappa shape index (κ2) is 9.23. The van der Waals surface area contributed by atoms with Crippen molar-refractivity contribution in [3.8, 4) is 5.75 Å². The van der Waals surface area contributed by atoms with Gasteiger partial charge in [0.15, 0.2) is 0 Å². The summed E-state index contributed by atoms with van der Waals surface area (Å²) in [7, 11) is 1.68. The Labute approximate surface area is 120 Å². The third-order valence-corrected chi connectivity index (χ3v) is 4.34. The SMILES string of the molecule is CCNC(CSCC(C)CO)c1ccc(OC)cc1. The average molecular weight is 283 g/mol. The highest BCUT2D eigenvalue weighted by atomic mass is 32.2. The van der Waals surface area contributed by atoms with E-state index in [4.69, 9.17) is 9.84 Å². The fourth-order valence-electron chi connectivity index (χ4n) is 1.80. The minimum Gasteiger partial charge on any atom is -0.497 e. The van der Waals surface area contributed by atoms with Gasteiger partial charge in [-0.15, -0.1) is 0 Å². The van der Waals surface area contributed by atoms with Crippen LogP contribution in [0, 0.1) is 5.92 Å². The van der Waals surface area contributed by atoms with Crippen LogP contribution >= 0.6 is 11.8 Å². The number of rotatable bonds is 9. The van der Waals surface area contributed by atoms with Gasteiger partial charge in [-0.25, -0.2) is 0 Å². The third kappa shape index (κ3) is 5.85. The highest BCUT2D eigenvalue weighted by molar-refractivity contribution is 7.99. The maximum atomic E-state index is 9.04. The smallest absolute Gasteiger partial charge is 0.118 e. The standard InChI is InChI=1S/C15H25NO2S/c1-4-16-15(11-19-10-12(2)9-17)13-5-7-14(18-3)8-6-13/h5-8,12,15-17H,4,9-11H2,1-3H3. The Kier molecular flexibility index (Phi) is 7.94. The molecule has 108 valence electrons. The van der Waals surface area contributed by atoms with Gasteiger partial charge in [0.2, 0.25) is 0 Å². The Hall–Kier alpha value is -0.710. The van der Waals surface area contributed by atoms with Gasteiger partial charge in [0.05, 0.1) is 7.11 Å². The van der Waals surface area contributed by atoms with Crippen molar-refractivity contribution in [2.45, 2.75) is 19.9 Å². The zero-order valence-electron chi connectivity index (χ0n) is 12.1. The Balaban J connectivity index is 2.55. The molecule has 0 heterocycles. The van der Waals surface area contributed by atoms with Gasteiger partial charge in [-0.1, -0.05) is 26.0 Å². The van der Waals surface area contributed by atoms with Crippen LogP contribution in [0.1, 0.15) is 25.5 Å². The summed E-state index contributed by atoms with van der Waals surface area (Å²) in [4.78, 5) is 0. The molecular weight excluding hydrogens is 258 g/mol. The second-order valence-electron chi connectivity index (χ2n) is 4.71. The molecule has 3 nitrogen and oxygen atoms in total. The molecule has 0 saturated carbocycles. The van der Waals surface area contributed by atoms with Crippen LogP contribution in [0.2, 0.25) is 0 Å². The number of nitrogens with one attached hydrogen (secondary N) is 1. The summed E-state index contributed by atoms with van der Waals surface area (Å²) in [6.45, 7) is 5.41. The molecule has 0 saturated heterocycles. The predicted molar refractivity (Wildman–Crippen MR) is 83.0 cm³/mol. The Bertz CT molecular complexity index is 343. The molecule has 2 unspecified atom stereocenters. The Morgan fingerprint density at radius 3 is 2.47 bits per heavy atom. The summed E-state index contributed by atoms with van der Waals surface area (Å²) < 4.78 is 5.18. The molecular formula is C15H25NO2S. The average Bonchev–Trinajstić information content (AvgIpc) is 2.46. The van der Waals surface area contributed by atoms with Gasteiger partial charge in [0, 0.05) is 18.4 Å². The van der Waals surface area contributed by atoms with Crippen LogP contribution in [0.25, 0.3) is 0 Å². The molecule has 1 rings (SSSR count). The summed E-state index contributed by atoms with van der Waals surface area (Å²) in [5, 5.41) is 12.5. The van der Waals surface area contributed by atoms with Crippen molar-refractivity contribution in [3.63, 3.8) is 0 Å². The van der Waals surface area contributed by atoms with Crippen molar-refractivity contribution in [1.82, 2.24) is 5.32 Å². The van der Waals surface area contributed by atoms with E-state index in [0.29, 0.717) is 12.0 Å². The van der Waals surface area contributed by atoms with Crippen molar-refractivity contribution in [2.75, 3.05) is 31.8 Å². The lowest BCUT2D eigenvalue weighted by molar-refractivity contribution is 0.250. The first kappa shape index (κ1) is 16.3. The maximum absolute atomic E-state index is 9.04. The van der Waals surface area contributed by atoms with Gasteiger partial charge in [0.1, 0.15) is 5.75 Å². The van der Waals surface area contributed by atoms with Gasteiger partial charge in [-0.05, 0) is 35.9 Å². The minimum atomic E-state index is 0.265. The van der Waals surface area contributed by atoms with Gasteiger partial charge in [0.25, 0.3) is 0 Å². The number of hydrogen-bond acceptors (Lipinski definition) is 4. The molecule has 0 amide bonds. The summed E-state index contributed by atoms with van der Waals surface area (Å²) in [5.41, 5.74) is 1.28. The zero-order chi connectivity index (χ0) is 14.1. The molecule has 0 aliphatic heterocycles. The molecule has 19 heavy (non-hydrogen) atoms. The van der Waals surface area contributed by atoms with Crippen LogP contribution < -0.4 is 10.1 Å². The highest BCUT2D eigenvalue weighted by Gasteiger charge is 2.11. The fourth-order valence-corrected chi connectivity index (χ4v) is 2.99. The number of aliphatic hydroxyl groups is 1. The normalized spacial score (nSPS) is 14.1. The molecule has 1 aromatic carbocycles. The van der Waals surface area contributed by atoms with Crippen LogP contribution in [0.3, 0.4) is 0 Å². The van der Waals surface area contributed by atoms with Crippen molar-refractivity contribution in [3.05, 3.63) is 29.8 Å². The van der Waals surface area contributed by atoms with Gasteiger partial charge >= 0.3 is 0 Å². The van der Waals surface area contributed by atoms with Crippen molar-refractivity contribution >= 4 is 11.8 Å². The summed E-state index contributed by atoms with van der Waals surface area (Å²) in [5.74, 6) is 3.27. The molecule has 0 aromatic heterocycles. The molecule has 2 atom stereocenters. The van der Waals surface area contributed by atoms with Gasteiger partial charge < -0.3 is 15.2 Å². The number of benzene rings is 1. The van der Waals surface area contributed by atoms with E-state index in [0.717, 1.165) is 23.8 Å². The number of thioether (sulfide) groups is 1. The van der Waals surface area contributed by atoms with Gasteiger partial charge in [-0.3, -0.25) is 0 Å². The van der Waals surface area contributed by atoms with Crippen LogP contribution in [0.15, 0.2) is 24.3 Å². The van der Waals surface area contributed by atoms with E-state index in [9.17, 15) is 0 Å². The topological polar surface area (TPSA) is 41.5 Å². The molecule has 0 bridgehead atoms. The molecule has 0 radical (unpaired) electrons. The van der Waals surface area contributed by atoms with E-state index in [1.54, 1.807) is 7.11 Å². The third-order valence-electron chi connectivity index (χ3n) is 2.97. The number of methoxy groups -OCH3 is 1. The highest BCUT2D eigenvalue weighted by Crippen LogP contribution is 2.22. The molecule has 2 N–H and O–H groups in total. The Morgan fingerprint density at radius 2 is 1.95 bits per heavy atom. The van der Waals surface area contributed by atoms with E-state index in [1.807, 2.05) is 23.9 Å². The molecule has 0 aliphatic carbocycles. The maximum Gasteiger partial charge on any atom is 0.118 e. The van der Waals surface area contributed by atoms with E-state index >= 15 is 0 Å². The minimum absolute atomic E-state index is 0.265. The molecule has 0 fully saturated rings. The van der Waals surface area contributed by atoms with E-state index in [2.05, 4.69) is 31.3 Å². The van der Waals surface area contributed by atoms with Gasteiger partial charge in [-0.2, -0.15) is 11.8 Å². The summed E-state index contributed by atoms with van der Waals surface area (Å²) in [6, 6.07) is 8.58. The number of ether oxygens (including phenoxy) is 1. The molecule has 4 heteroatoms. The lowest BCUT2D eigenvalue weighted by atomic mass is 10.1.